The SMILES string of the molecule is CCN1CCN(Cc2nonc2C)CC1=O. The number of rotatable bonds is 3. The van der Waals surface area contributed by atoms with Gasteiger partial charge in [0.25, 0.3) is 0 Å². The Labute approximate surface area is 94.2 Å². The average molecular weight is 224 g/mol. The monoisotopic (exact) mass is 224 g/mol. The van der Waals surface area contributed by atoms with Crippen LogP contribution < -0.4 is 0 Å². The lowest BCUT2D eigenvalue weighted by Crippen LogP contribution is -2.49. The first kappa shape index (κ1) is 11.1. The summed E-state index contributed by atoms with van der Waals surface area (Å²) in [6, 6.07) is 0. The van der Waals surface area contributed by atoms with Crippen LogP contribution in [0.4, 0.5) is 0 Å². The molecule has 2 heterocycles. The predicted octanol–water partition coefficient (Wildman–Crippen LogP) is 0.0421. The Kier molecular flexibility index (Phi) is 3.19. The molecule has 0 bridgehead atoms. The molecule has 1 saturated heterocycles. The van der Waals surface area contributed by atoms with E-state index < -0.39 is 0 Å². The van der Waals surface area contributed by atoms with E-state index in [2.05, 4.69) is 19.8 Å². The molecular formula is C10H16N4O2. The van der Waals surface area contributed by atoms with Crippen LogP contribution in [0.3, 0.4) is 0 Å². The number of hydrogen-bond acceptors (Lipinski definition) is 5. The Balaban J connectivity index is 1.94. The van der Waals surface area contributed by atoms with Gasteiger partial charge in [0, 0.05) is 26.2 Å². The van der Waals surface area contributed by atoms with Gasteiger partial charge in [-0.1, -0.05) is 10.3 Å². The Morgan fingerprint density at radius 2 is 2.19 bits per heavy atom. The molecule has 1 amide bonds. The van der Waals surface area contributed by atoms with Crippen molar-refractivity contribution in [2.75, 3.05) is 26.2 Å². The third-order valence-electron chi connectivity index (χ3n) is 2.90. The number of amides is 1. The maximum absolute atomic E-state index is 11.7. The van der Waals surface area contributed by atoms with Crippen molar-refractivity contribution in [3.63, 3.8) is 0 Å². The Hall–Kier alpha value is -1.43. The molecule has 1 aromatic heterocycles. The highest BCUT2D eigenvalue weighted by atomic mass is 16.6. The molecule has 1 aliphatic heterocycles. The molecular weight excluding hydrogens is 208 g/mol. The van der Waals surface area contributed by atoms with Crippen LogP contribution in [0.15, 0.2) is 4.63 Å². The van der Waals surface area contributed by atoms with Gasteiger partial charge in [0.15, 0.2) is 0 Å². The Morgan fingerprint density at radius 3 is 2.75 bits per heavy atom. The van der Waals surface area contributed by atoms with Gasteiger partial charge >= 0.3 is 0 Å². The second kappa shape index (κ2) is 4.61. The molecule has 16 heavy (non-hydrogen) atoms. The van der Waals surface area contributed by atoms with Crippen LogP contribution in [0.2, 0.25) is 0 Å². The van der Waals surface area contributed by atoms with Crippen LogP contribution >= 0.6 is 0 Å². The van der Waals surface area contributed by atoms with E-state index in [1.54, 1.807) is 0 Å². The van der Waals surface area contributed by atoms with E-state index in [0.29, 0.717) is 13.1 Å². The second-order valence-corrected chi connectivity index (χ2v) is 3.98. The number of nitrogens with zero attached hydrogens (tertiary/aromatic N) is 4. The molecule has 6 nitrogen and oxygen atoms in total. The van der Waals surface area contributed by atoms with E-state index in [1.807, 2.05) is 18.7 Å². The van der Waals surface area contributed by atoms with Gasteiger partial charge in [-0.2, -0.15) is 0 Å². The fraction of sp³-hybridized carbons (Fsp3) is 0.700. The Bertz CT molecular complexity index is 377. The maximum atomic E-state index is 11.7. The molecule has 0 aromatic carbocycles. The summed E-state index contributed by atoms with van der Waals surface area (Å²) >= 11 is 0. The minimum Gasteiger partial charge on any atom is -0.341 e. The van der Waals surface area contributed by atoms with Crippen LogP contribution in [0.25, 0.3) is 0 Å². The van der Waals surface area contributed by atoms with Gasteiger partial charge in [0.2, 0.25) is 5.91 Å². The van der Waals surface area contributed by atoms with Gasteiger partial charge in [-0.15, -0.1) is 0 Å². The maximum Gasteiger partial charge on any atom is 0.236 e. The second-order valence-electron chi connectivity index (χ2n) is 3.98. The van der Waals surface area contributed by atoms with E-state index in [4.69, 9.17) is 0 Å². The summed E-state index contributed by atoms with van der Waals surface area (Å²) in [5.74, 6) is 0.183. The molecule has 0 N–H and O–H groups in total. The van der Waals surface area contributed by atoms with E-state index in [0.717, 1.165) is 31.0 Å². The summed E-state index contributed by atoms with van der Waals surface area (Å²) < 4.78 is 4.63. The first-order valence-corrected chi connectivity index (χ1v) is 5.49. The van der Waals surface area contributed by atoms with Crippen molar-refractivity contribution < 1.29 is 9.42 Å². The number of likely N-dealkylation sites (N-methyl/N-ethyl adjacent to an activating group) is 1. The van der Waals surface area contributed by atoms with Crippen molar-refractivity contribution in [1.82, 2.24) is 20.1 Å². The van der Waals surface area contributed by atoms with Gasteiger partial charge in [-0.25, -0.2) is 4.63 Å². The molecule has 0 spiro atoms. The van der Waals surface area contributed by atoms with Crippen LogP contribution in [0, 0.1) is 6.92 Å². The smallest absolute Gasteiger partial charge is 0.236 e. The van der Waals surface area contributed by atoms with Crippen molar-refractivity contribution in [3.8, 4) is 0 Å². The van der Waals surface area contributed by atoms with Gasteiger partial charge in [-0.05, 0) is 13.8 Å². The van der Waals surface area contributed by atoms with E-state index in [9.17, 15) is 4.79 Å². The summed E-state index contributed by atoms with van der Waals surface area (Å²) in [7, 11) is 0. The first-order valence-electron chi connectivity index (χ1n) is 5.49. The summed E-state index contributed by atoms with van der Waals surface area (Å²) in [6.07, 6.45) is 0. The highest BCUT2D eigenvalue weighted by molar-refractivity contribution is 5.78. The fourth-order valence-corrected chi connectivity index (χ4v) is 1.83. The molecule has 6 heteroatoms. The molecule has 1 aliphatic rings. The third kappa shape index (κ3) is 2.21. The van der Waals surface area contributed by atoms with E-state index in [1.165, 1.54) is 0 Å². The number of aryl methyl sites for hydroxylation is 1. The largest absolute Gasteiger partial charge is 0.341 e. The Morgan fingerprint density at radius 1 is 1.38 bits per heavy atom. The lowest BCUT2D eigenvalue weighted by Gasteiger charge is -2.33. The number of carbonyl (C=O) groups excluding carboxylic acids is 1. The van der Waals surface area contributed by atoms with Crippen LogP contribution in [0.1, 0.15) is 18.3 Å². The van der Waals surface area contributed by atoms with Gasteiger partial charge in [0.1, 0.15) is 11.4 Å². The number of hydrogen-bond donors (Lipinski definition) is 0. The molecule has 0 aliphatic carbocycles. The van der Waals surface area contributed by atoms with Crippen LogP contribution in [-0.2, 0) is 11.3 Å². The standard InChI is InChI=1S/C10H16N4O2/c1-3-14-5-4-13(7-10(14)15)6-9-8(2)11-16-12-9/h3-7H2,1-2H3. The van der Waals surface area contributed by atoms with Crippen molar-refractivity contribution in [2.24, 2.45) is 0 Å². The summed E-state index contributed by atoms with van der Waals surface area (Å²) in [5, 5.41) is 7.55. The molecule has 2 rings (SSSR count). The fourth-order valence-electron chi connectivity index (χ4n) is 1.83. The molecule has 88 valence electrons. The lowest BCUT2D eigenvalue weighted by molar-refractivity contribution is -0.135. The molecule has 0 unspecified atom stereocenters. The molecule has 0 saturated carbocycles. The van der Waals surface area contributed by atoms with Crippen molar-refractivity contribution in [3.05, 3.63) is 11.4 Å². The first-order chi connectivity index (χ1) is 7.70. The minimum atomic E-state index is 0.183. The van der Waals surface area contributed by atoms with Gasteiger partial charge in [0.05, 0.1) is 6.54 Å². The molecule has 0 atom stereocenters. The molecule has 1 fully saturated rings. The number of carbonyl (C=O) groups is 1. The van der Waals surface area contributed by atoms with E-state index >= 15 is 0 Å². The highest BCUT2D eigenvalue weighted by Crippen LogP contribution is 2.09. The van der Waals surface area contributed by atoms with Crippen molar-refractivity contribution in [2.45, 2.75) is 20.4 Å². The van der Waals surface area contributed by atoms with Crippen molar-refractivity contribution in [1.29, 1.82) is 0 Å². The van der Waals surface area contributed by atoms with Crippen LogP contribution in [-0.4, -0.2) is 52.2 Å². The number of aromatic nitrogens is 2. The highest BCUT2D eigenvalue weighted by Gasteiger charge is 2.23. The zero-order valence-electron chi connectivity index (χ0n) is 9.64. The zero-order chi connectivity index (χ0) is 11.5. The summed E-state index contributed by atoms with van der Waals surface area (Å²) in [6.45, 7) is 7.41. The van der Waals surface area contributed by atoms with Crippen molar-refractivity contribution >= 4 is 5.91 Å². The van der Waals surface area contributed by atoms with Crippen LogP contribution in [0.5, 0.6) is 0 Å². The normalized spacial score (nSPS) is 18.1. The quantitative estimate of drug-likeness (QED) is 0.725. The zero-order valence-corrected chi connectivity index (χ0v) is 9.64. The number of piperazine rings is 1. The minimum absolute atomic E-state index is 0.183. The molecule has 1 aromatic rings. The van der Waals surface area contributed by atoms with E-state index in [-0.39, 0.29) is 5.91 Å². The topological polar surface area (TPSA) is 62.5 Å². The summed E-state index contributed by atoms with van der Waals surface area (Å²) in [5.41, 5.74) is 1.61. The summed E-state index contributed by atoms with van der Waals surface area (Å²) in [4.78, 5) is 15.6. The third-order valence-corrected chi connectivity index (χ3v) is 2.90. The predicted molar refractivity (Wildman–Crippen MR) is 56.6 cm³/mol. The lowest BCUT2D eigenvalue weighted by atomic mass is 10.2. The average Bonchev–Trinajstić information content (AvgIpc) is 2.65. The molecule has 0 radical (unpaired) electrons. The van der Waals surface area contributed by atoms with Gasteiger partial charge < -0.3 is 4.90 Å². The van der Waals surface area contributed by atoms with Gasteiger partial charge in [-0.3, -0.25) is 9.69 Å².